The molecule has 0 atom stereocenters. The molecule has 5 heteroatoms. The Balaban J connectivity index is 0.00000289. The van der Waals surface area contributed by atoms with Crippen LogP contribution in [-0.2, 0) is 26.5 Å². The molecule has 198 valence electrons. The maximum atomic E-state index is 10.4. The zero-order valence-corrected chi connectivity index (χ0v) is 24.3. The number of hydrogen-bond acceptors (Lipinski definition) is 3. The van der Waals surface area contributed by atoms with Gasteiger partial charge in [-0.1, -0.05) is 86.1 Å². The Morgan fingerprint density at radius 3 is 2.40 bits per heavy atom. The molecule has 0 saturated heterocycles. The molecule has 0 fully saturated rings. The molecule has 0 unspecified atom stereocenters. The van der Waals surface area contributed by atoms with Crippen molar-refractivity contribution in [2.75, 3.05) is 0 Å². The van der Waals surface area contributed by atoms with Gasteiger partial charge in [0.25, 0.3) is 0 Å². The number of pyridine rings is 2. The predicted molar refractivity (Wildman–Crippen MR) is 158 cm³/mol. The van der Waals surface area contributed by atoms with Crippen molar-refractivity contribution in [2.24, 2.45) is 0 Å². The van der Waals surface area contributed by atoms with E-state index in [4.69, 9.17) is 9.97 Å². The van der Waals surface area contributed by atoms with Gasteiger partial charge >= 0.3 is 0 Å². The maximum absolute atomic E-state index is 10.4. The van der Waals surface area contributed by atoms with Crippen molar-refractivity contribution in [3.8, 4) is 22.7 Å². The van der Waals surface area contributed by atoms with Crippen LogP contribution in [0.4, 0.5) is 0 Å². The Morgan fingerprint density at radius 2 is 1.55 bits per heavy atom. The van der Waals surface area contributed by atoms with Gasteiger partial charge in [-0.2, -0.15) is 18.2 Å². The molecule has 0 amide bonds. The number of rotatable bonds is 4. The minimum Gasteiger partial charge on any atom is -0.506 e. The minimum absolute atomic E-state index is 0. The van der Waals surface area contributed by atoms with E-state index in [9.17, 15) is 5.11 Å². The van der Waals surface area contributed by atoms with Crippen LogP contribution in [0.2, 0.25) is 0 Å². The number of phenols is 1. The minimum atomic E-state index is -0.453. The summed E-state index contributed by atoms with van der Waals surface area (Å²) < 4.78 is 2.20. The first-order chi connectivity index (χ1) is 19.0. The number of hydrogen-bond donors (Lipinski definition) is 1. The Morgan fingerprint density at radius 1 is 0.750 bits per heavy atom. The molecule has 0 radical (unpaired) electrons. The second-order valence-electron chi connectivity index (χ2n) is 10.4. The first-order valence-electron chi connectivity index (χ1n) is 13.1. The summed E-state index contributed by atoms with van der Waals surface area (Å²) in [5.41, 5.74) is 6.38. The summed E-state index contributed by atoms with van der Waals surface area (Å²) in [5.74, 6) is 1.04. The van der Waals surface area contributed by atoms with Crippen LogP contribution in [0, 0.1) is 6.07 Å². The zero-order chi connectivity index (χ0) is 26.6. The predicted octanol–water partition coefficient (Wildman–Crippen LogP) is 8.22. The van der Waals surface area contributed by atoms with E-state index in [0.717, 1.165) is 55.4 Å². The summed E-state index contributed by atoms with van der Waals surface area (Å²) in [6, 6.07) is 40.6. The normalized spacial score (nSPS) is 11.7. The van der Waals surface area contributed by atoms with Crippen molar-refractivity contribution < 1.29 is 26.2 Å². The summed E-state index contributed by atoms with van der Waals surface area (Å²) in [6.45, 7) is 4.31. The molecule has 0 bridgehead atoms. The number of aromatic nitrogens is 3. The van der Waals surface area contributed by atoms with Crippen LogP contribution in [0.15, 0.2) is 115 Å². The SMILES string of the molecule is CC(C)(c1[c-]c2c(cc1)c1ccccc1n2-c1cc(-c2ccccc2)ccn1)c1ccc2cccc(O)c2n1.[Pt]. The van der Waals surface area contributed by atoms with Gasteiger partial charge in [-0.05, 0) is 46.8 Å². The molecular formula is C35H26N3OPt-. The Bertz CT molecular complexity index is 2010. The molecule has 1 N–H and O–H groups in total. The fourth-order valence-electron chi connectivity index (χ4n) is 5.46. The molecule has 7 rings (SSSR count). The molecule has 4 aromatic carbocycles. The molecule has 0 aliphatic carbocycles. The van der Waals surface area contributed by atoms with Crippen LogP contribution in [0.5, 0.6) is 5.75 Å². The van der Waals surface area contributed by atoms with E-state index in [1.54, 1.807) is 6.07 Å². The number of aromatic hydroxyl groups is 1. The van der Waals surface area contributed by atoms with E-state index in [-0.39, 0.29) is 26.8 Å². The molecule has 40 heavy (non-hydrogen) atoms. The monoisotopic (exact) mass is 699 g/mol. The largest absolute Gasteiger partial charge is 0.506 e. The Labute approximate surface area is 247 Å². The number of phenolic OH excluding ortho intramolecular Hbond substituents is 1. The van der Waals surface area contributed by atoms with E-state index in [2.05, 4.69) is 91.2 Å². The topological polar surface area (TPSA) is 50.9 Å². The molecule has 0 spiro atoms. The van der Waals surface area contributed by atoms with Crippen molar-refractivity contribution in [3.63, 3.8) is 0 Å². The van der Waals surface area contributed by atoms with Crippen molar-refractivity contribution in [2.45, 2.75) is 19.3 Å². The van der Waals surface area contributed by atoms with Crippen LogP contribution < -0.4 is 0 Å². The van der Waals surface area contributed by atoms with Gasteiger partial charge in [-0.15, -0.1) is 10.9 Å². The van der Waals surface area contributed by atoms with Gasteiger partial charge in [0, 0.05) is 49.3 Å². The maximum Gasteiger partial charge on any atom is 0.141 e. The van der Waals surface area contributed by atoms with Crippen LogP contribution >= 0.6 is 0 Å². The van der Waals surface area contributed by atoms with Crippen LogP contribution in [0.1, 0.15) is 25.1 Å². The van der Waals surface area contributed by atoms with E-state index < -0.39 is 5.41 Å². The van der Waals surface area contributed by atoms with E-state index in [0.29, 0.717) is 5.52 Å². The molecule has 3 aromatic heterocycles. The summed E-state index contributed by atoms with van der Waals surface area (Å²) in [7, 11) is 0. The summed E-state index contributed by atoms with van der Waals surface area (Å²) >= 11 is 0. The van der Waals surface area contributed by atoms with Gasteiger partial charge in [0.1, 0.15) is 17.1 Å². The molecular weight excluding hydrogens is 673 g/mol. The van der Waals surface area contributed by atoms with Gasteiger partial charge in [-0.25, -0.2) is 9.97 Å². The second kappa shape index (κ2) is 10.0. The molecule has 0 saturated carbocycles. The third kappa shape index (κ3) is 4.20. The third-order valence-electron chi connectivity index (χ3n) is 7.68. The molecule has 4 nitrogen and oxygen atoms in total. The average molecular weight is 700 g/mol. The van der Waals surface area contributed by atoms with E-state index in [1.165, 1.54) is 0 Å². The number of para-hydroxylation sites is 2. The molecule has 3 heterocycles. The summed E-state index contributed by atoms with van der Waals surface area (Å²) in [4.78, 5) is 9.69. The first-order valence-corrected chi connectivity index (χ1v) is 13.1. The van der Waals surface area contributed by atoms with Crippen LogP contribution in [-0.4, -0.2) is 19.6 Å². The zero-order valence-electron chi connectivity index (χ0n) is 22.1. The van der Waals surface area contributed by atoms with Crippen molar-refractivity contribution in [1.29, 1.82) is 0 Å². The van der Waals surface area contributed by atoms with Gasteiger partial charge in [0.2, 0.25) is 0 Å². The van der Waals surface area contributed by atoms with Crippen molar-refractivity contribution in [3.05, 3.63) is 133 Å². The number of fused-ring (bicyclic) bond motifs is 4. The number of nitrogens with zero attached hydrogens (tertiary/aromatic N) is 3. The summed E-state index contributed by atoms with van der Waals surface area (Å²) in [5, 5.41) is 13.6. The molecule has 0 aliphatic heterocycles. The smallest absolute Gasteiger partial charge is 0.141 e. The van der Waals surface area contributed by atoms with Crippen molar-refractivity contribution >= 4 is 32.7 Å². The fourth-order valence-corrected chi connectivity index (χ4v) is 5.46. The summed E-state index contributed by atoms with van der Waals surface area (Å²) in [6.07, 6.45) is 1.87. The second-order valence-corrected chi connectivity index (χ2v) is 10.4. The van der Waals surface area contributed by atoms with Crippen LogP contribution in [0.25, 0.3) is 49.7 Å². The Kier molecular flexibility index (Phi) is 6.52. The van der Waals surface area contributed by atoms with Gasteiger partial charge in [0.15, 0.2) is 0 Å². The van der Waals surface area contributed by atoms with E-state index in [1.807, 2.05) is 42.6 Å². The first kappa shape index (κ1) is 26.0. The van der Waals surface area contributed by atoms with Crippen LogP contribution in [0.3, 0.4) is 0 Å². The standard InChI is InChI=1S/C35H26N3O.Pt/c1-35(2,32-18-15-24-11-8-14-31(39)34(24)37-32)26-16-17-28-27-12-6-7-13-29(27)38(30(28)22-26)33-21-25(19-20-36-33)23-9-4-3-5-10-23;/h3-21,39H,1-2H3;/q-1;. The van der Waals surface area contributed by atoms with Gasteiger partial charge in [-0.3, -0.25) is 0 Å². The third-order valence-corrected chi connectivity index (χ3v) is 7.68. The fraction of sp³-hybridized carbons (Fsp3) is 0.0857. The average Bonchev–Trinajstić information content (AvgIpc) is 3.31. The molecule has 0 aliphatic rings. The van der Waals surface area contributed by atoms with Gasteiger partial charge in [0.05, 0.1) is 0 Å². The molecule has 7 aromatic rings. The van der Waals surface area contributed by atoms with Crippen molar-refractivity contribution in [1.82, 2.24) is 14.5 Å². The van der Waals surface area contributed by atoms with Gasteiger partial charge < -0.3 is 9.67 Å². The van der Waals surface area contributed by atoms with E-state index >= 15 is 0 Å². The quantitative estimate of drug-likeness (QED) is 0.189. The number of benzene rings is 4. The Hall–Kier alpha value is -4.27.